The molecule has 6 heteroatoms. The fourth-order valence-electron chi connectivity index (χ4n) is 3.07. The number of rotatable bonds is 5. The van der Waals surface area contributed by atoms with E-state index in [4.69, 9.17) is 11.6 Å². The van der Waals surface area contributed by atoms with Crippen LogP contribution in [0.2, 0.25) is 5.02 Å². The third-order valence-corrected chi connectivity index (χ3v) is 4.74. The lowest BCUT2D eigenvalue weighted by molar-refractivity contribution is -0.120. The van der Waals surface area contributed by atoms with E-state index in [9.17, 15) is 4.79 Å². The van der Waals surface area contributed by atoms with Gasteiger partial charge in [0.05, 0.1) is 18.3 Å². The van der Waals surface area contributed by atoms with E-state index < -0.39 is 0 Å². The molecule has 4 rings (SSSR count). The Morgan fingerprint density at radius 3 is 2.85 bits per heavy atom. The largest absolute Gasteiger partial charge is 0.361 e. The minimum atomic E-state index is -0.0179. The number of benzene rings is 2. The second-order valence-corrected chi connectivity index (χ2v) is 7.02. The van der Waals surface area contributed by atoms with Crippen molar-refractivity contribution in [3.05, 3.63) is 82.8 Å². The first-order valence-electron chi connectivity index (χ1n) is 8.71. The van der Waals surface area contributed by atoms with Crippen LogP contribution < -0.4 is 5.32 Å². The maximum Gasteiger partial charge on any atom is 0.224 e. The van der Waals surface area contributed by atoms with E-state index in [0.29, 0.717) is 18.0 Å². The highest BCUT2D eigenvalue weighted by Gasteiger charge is 2.09. The monoisotopic (exact) mass is 378 g/mol. The number of hydrogen-bond donors (Lipinski definition) is 2. The van der Waals surface area contributed by atoms with Crippen molar-refractivity contribution in [2.75, 3.05) is 0 Å². The van der Waals surface area contributed by atoms with Gasteiger partial charge in [-0.25, -0.2) is 4.68 Å². The second-order valence-electron chi connectivity index (χ2n) is 6.59. The fourth-order valence-corrected chi connectivity index (χ4v) is 3.19. The van der Waals surface area contributed by atoms with Crippen molar-refractivity contribution < 1.29 is 4.79 Å². The van der Waals surface area contributed by atoms with Crippen LogP contribution >= 0.6 is 11.6 Å². The summed E-state index contributed by atoms with van der Waals surface area (Å²) in [5, 5.41) is 9.07. The van der Waals surface area contributed by atoms with Gasteiger partial charge in [-0.1, -0.05) is 23.7 Å². The molecule has 5 nitrogen and oxygen atoms in total. The Morgan fingerprint density at radius 1 is 1.22 bits per heavy atom. The number of fused-ring (bicyclic) bond motifs is 1. The Kier molecular flexibility index (Phi) is 4.69. The molecule has 4 aromatic rings. The summed E-state index contributed by atoms with van der Waals surface area (Å²) in [5.74, 6) is -0.0179. The van der Waals surface area contributed by atoms with Gasteiger partial charge < -0.3 is 10.3 Å². The van der Waals surface area contributed by atoms with E-state index in [-0.39, 0.29) is 5.91 Å². The normalized spacial score (nSPS) is 11.0. The van der Waals surface area contributed by atoms with Gasteiger partial charge in [-0.3, -0.25) is 4.79 Å². The van der Waals surface area contributed by atoms with Gasteiger partial charge in [0.15, 0.2) is 0 Å². The smallest absolute Gasteiger partial charge is 0.224 e. The number of carbonyl (C=O) groups is 1. The topological polar surface area (TPSA) is 62.7 Å². The number of halogens is 1. The predicted molar refractivity (Wildman–Crippen MR) is 107 cm³/mol. The second kappa shape index (κ2) is 7.29. The van der Waals surface area contributed by atoms with Gasteiger partial charge in [-0.2, -0.15) is 5.10 Å². The average Bonchev–Trinajstić information content (AvgIpc) is 3.28. The Balaban J connectivity index is 1.38. The van der Waals surface area contributed by atoms with Crippen molar-refractivity contribution in [3.8, 4) is 5.69 Å². The van der Waals surface area contributed by atoms with E-state index in [1.54, 1.807) is 10.9 Å². The van der Waals surface area contributed by atoms with Gasteiger partial charge in [0.25, 0.3) is 0 Å². The Hall–Kier alpha value is -3.05. The zero-order valence-corrected chi connectivity index (χ0v) is 15.6. The van der Waals surface area contributed by atoms with E-state index in [1.165, 1.54) is 5.56 Å². The van der Waals surface area contributed by atoms with Gasteiger partial charge in [-0.15, -0.1) is 0 Å². The summed E-state index contributed by atoms with van der Waals surface area (Å²) in [6, 6.07) is 13.6. The molecule has 0 atom stereocenters. The number of nitrogens with zero attached hydrogens (tertiary/aromatic N) is 2. The van der Waals surface area contributed by atoms with Gasteiger partial charge in [0.2, 0.25) is 5.91 Å². The van der Waals surface area contributed by atoms with Gasteiger partial charge in [0, 0.05) is 40.4 Å². The van der Waals surface area contributed by atoms with E-state index in [1.807, 2.05) is 36.7 Å². The van der Waals surface area contributed by atoms with Crippen molar-refractivity contribution in [1.29, 1.82) is 0 Å². The Morgan fingerprint density at radius 2 is 2.04 bits per heavy atom. The highest BCUT2D eigenvalue weighted by Crippen LogP contribution is 2.20. The van der Waals surface area contributed by atoms with E-state index >= 15 is 0 Å². The van der Waals surface area contributed by atoms with Gasteiger partial charge in [0.1, 0.15) is 0 Å². The zero-order valence-electron chi connectivity index (χ0n) is 14.9. The number of carbonyl (C=O) groups excluding carboxylic acids is 1. The number of amides is 1. The molecule has 136 valence electrons. The molecule has 2 N–H and O–H groups in total. The third kappa shape index (κ3) is 3.88. The van der Waals surface area contributed by atoms with Crippen LogP contribution in [0.15, 0.2) is 61.1 Å². The molecule has 0 aliphatic carbocycles. The average molecular weight is 379 g/mol. The molecule has 0 aliphatic heterocycles. The van der Waals surface area contributed by atoms with Crippen LogP contribution in [0.5, 0.6) is 0 Å². The quantitative estimate of drug-likeness (QED) is 0.547. The van der Waals surface area contributed by atoms with Crippen LogP contribution in [0.4, 0.5) is 0 Å². The van der Waals surface area contributed by atoms with Crippen LogP contribution in [0, 0.1) is 6.92 Å². The molecular weight excluding hydrogens is 360 g/mol. The maximum atomic E-state index is 12.3. The number of nitrogens with one attached hydrogen (secondary N) is 2. The molecule has 0 unspecified atom stereocenters. The summed E-state index contributed by atoms with van der Waals surface area (Å²) < 4.78 is 1.76. The van der Waals surface area contributed by atoms with Crippen LogP contribution in [0.25, 0.3) is 16.6 Å². The molecule has 0 spiro atoms. The van der Waals surface area contributed by atoms with Crippen LogP contribution in [0.1, 0.15) is 16.7 Å². The van der Waals surface area contributed by atoms with Crippen molar-refractivity contribution in [2.24, 2.45) is 0 Å². The van der Waals surface area contributed by atoms with Crippen molar-refractivity contribution in [2.45, 2.75) is 19.9 Å². The van der Waals surface area contributed by atoms with Crippen LogP contribution in [0.3, 0.4) is 0 Å². The minimum absolute atomic E-state index is 0.0179. The molecular formula is C21H19ClN4O. The summed E-state index contributed by atoms with van der Waals surface area (Å²) in [5.41, 5.74) is 5.11. The SMILES string of the molecule is Cc1ccc2c(CC(=O)NCc3cnn(-c4ccc(Cl)cc4)c3)c[nH]c2c1. The van der Waals surface area contributed by atoms with E-state index in [0.717, 1.165) is 27.7 Å². The number of aryl methyl sites for hydroxylation is 1. The summed E-state index contributed by atoms with van der Waals surface area (Å²) >= 11 is 5.91. The lowest BCUT2D eigenvalue weighted by atomic mass is 10.1. The summed E-state index contributed by atoms with van der Waals surface area (Å²) in [6.45, 7) is 2.49. The maximum absolute atomic E-state index is 12.3. The molecule has 0 bridgehead atoms. The lowest BCUT2D eigenvalue weighted by Crippen LogP contribution is -2.24. The molecule has 0 radical (unpaired) electrons. The third-order valence-electron chi connectivity index (χ3n) is 4.49. The lowest BCUT2D eigenvalue weighted by Gasteiger charge is -2.04. The highest BCUT2D eigenvalue weighted by molar-refractivity contribution is 6.30. The molecule has 0 saturated heterocycles. The molecule has 2 aromatic heterocycles. The molecule has 2 aromatic carbocycles. The summed E-state index contributed by atoms with van der Waals surface area (Å²) in [7, 11) is 0. The first kappa shape index (κ1) is 17.4. The minimum Gasteiger partial charge on any atom is -0.361 e. The summed E-state index contributed by atoms with van der Waals surface area (Å²) in [6.07, 6.45) is 5.90. The fraction of sp³-hybridized carbons (Fsp3) is 0.143. The molecule has 2 heterocycles. The number of H-pyrrole nitrogens is 1. The Labute approximate surface area is 162 Å². The van der Waals surface area contributed by atoms with Crippen molar-refractivity contribution in [1.82, 2.24) is 20.1 Å². The van der Waals surface area contributed by atoms with Crippen LogP contribution in [-0.2, 0) is 17.8 Å². The standard InChI is InChI=1S/C21H19ClN4O/c1-14-2-7-19-16(12-23-20(19)8-14)9-21(27)24-10-15-11-25-26(13-15)18-5-3-17(22)4-6-18/h2-8,11-13,23H,9-10H2,1H3,(H,24,27). The molecule has 0 aliphatic rings. The molecule has 27 heavy (non-hydrogen) atoms. The van der Waals surface area contributed by atoms with Gasteiger partial charge >= 0.3 is 0 Å². The number of hydrogen-bond acceptors (Lipinski definition) is 2. The Bertz CT molecular complexity index is 1100. The number of aromatic nitrogens is 3. The van der Waals surface area contributed by atoms with Crippen molar-refractivity contribution in [3.63, 3.8) is 0 Å². The first-order valence-corrected chi connectivity index (χ1v) is 9.09. The summed E-state index contributed by atoms with van der Waals surface area (Å²) in [4.78, 5) is 15.6. The first-order chi connectivity index (χ1) is 13.1. The van der Waals surface area contributed by atoms with Gasteiger partial charge in [-0.05, 0) is 48.4 Å². The number of aromatic amines is 1. The van der Waals surface area contributed by atoms with E-state index in [2.05, 4.69) is 40.5 Å². The molecule has 0 saturated carbocycles. The van der Waals surface area contributed by atoms with Crippen LogP contribution in [-0.4, -0.2) is 20.7 Å². The molecule has 1 amide bonds. The predicted octanol–water partition coefficient (Wildman–Crippen LogP) is 4.17. The zero-order chi connectivity index (χ0) is 18.8. The highest BCUT2D eigenvalue weighted by atomic mass is 35.5. The molecule has 0 fully saturated rings. The van der Waals surface area contributed by atoms with Crippen molar-refractivity contribution >= 4 is 28.4 Å².